The number of hydrogen-bond acceptors (Lipinski definition) is 0. The van der Waals surface area contributed by atoms with Crippen LogP contribution in [0.15, 0.2) is 36.4 Å². The average molecular weight is 531 g/mol. The Labute approximate surface area is 215 Å². The zero-order valence-electron chi connectivity index (χ0n) is 21.4. The third-order valence-corrected chi connectivity index (χ3v) is 7.89. The first-order chi connectivity index (χ1) is 17.6. The van der Waals surface area contributed by atoms with Crippen molar-refractivity contribution in [3.8, 4) is 11.1 Å². The van der Waals surface area contributed by atoms with E-state index in [2.05, 4.69) is 6.92 Å². The first kappa shape index (κ1) is 29.5. The van der Waals surface area contributed by atoms with Crippen molar-refractivity contribution in [1.82, 2.24) is 0 Å². The number of alkyl halides is 5. The second kappa shape index (κ2) is 13.7. The summed E-state index contributed by atoms with van der Waals surface area (Å²) >= 11 is 0. The second-order valence-corrected chi connectivity index (χ2v) is 10.5. The molecule has 2 saturated carbocycles. The minimum absolute atomic E-state index is 0.0375. The van der Waals surface area contributed by atoms with Gasteiger partial charge in [0.05, 0.1) is 12.2 Å². The standard InChI is InChI=1S/C19H16F6.C11H21F/c20-14-5-1-11(2-6-14)12-3-7-15(17(21)9-12)13-4-8-16(18(22)10-13)19(23,24)25;1-2-3-10-4-6-11(7-5-10)8-9-12/h3-4,7-11,14H,1-2,5-6H2;10-11H,2-9H2,1H3. The van der Waals surface area contributed by atoms with E-state index >= 15 is 0 Å². The molecule has 2 aromatic carbocycles. The van der Waals surface area contributed by atoms with Gasteiger partial charge in [-0.3, -0.25) is 4.39 Å². The van der Waals surface area contributed by atoms with Gasteiger partial charge < -0.3 is 0 Å². The average Bonchev–Trinajstić information content (AvgIpc) is 2.85. The molecule has 0 heterocycles. The Bertz CT molecular complexity index is 954. The van der Waals surface area contributed by atoms with Crippen molar-refractivity contribution in [2.24, 2.45) is 11.8 Å². The van der Waals surface area contributed by atoms with Gasteiger partial charge in [-0.15, -0.1) is 0 Å². The molecule has 0 spiro atoms. The Morgan fingerprint density at radius 3 is 1.89 bits per heavy atom. The van der Waals surface area contributed by atoms with Crippen LogP contribution in [0.25, 0.3) is 11.1 Å². The molecule has 0 saturated heterocycles. The van der Waals surface area contributed by atoms with Gasteiger partial charge in [0.15, 0.2) is 0 Å². The maximum Gasteiger partial charge on any atom is 0.419 e. The van der Waals surface area contributed by atoms with Crippen molar-refractivity contribution in [3.63, 3.8) is 0 Å². The molecule has 0 radical (unpaired) electrons. The molecule has 0 N–H and O–H groups in total. The molecular weight excluding hydrogens is 493 g/mol. The summed E-state index contributed by atoms with van der Waals surface area (Å²) in [6.45, 7) is 2.15. The summed E-state index contributed by atoms with van der Waals surface area (Å²) in [7, 11) is 0. The zero-order valence-corrected chi connectivity index (χ0v) is 21.4. The van der Waals surface area contributed by atoms with Crippen molar-refractivity contribution in [1.29, 1.82) is 0 Å². The molecule has 0 nitrogen and oxygen atoms in total. The predicted molar refractivity (Wildman–Crippen MR) is 134 cm³/mol. The van der Waals surface area contributed by atoms with Crippen LogP contribution in [0.2, 0.25) is 0 Å². The van der Waals surface area contributed by atoms with Crippen molar-refractivity contribution >= 4 is 0 Å². The Morgan fingerprint density at radius 2 is 1.38 bits per heavy atom. The molecule has 206 valence electrons. The van der Waals surface area contributed by atoms with E-state index in [9.17, 15) is 30.7 Å². The maximum absolute atomic E-state index is 14.4. The lowest BCUT2D eigenvalue weighted by atomic mass is 9.79. The van der Waals surface area contributed by atoms with Gasteiger partial charge in [0, 0.05) is 5.56 Å². The van der Waals surface area contributed by atoms with Gasteiger partial charge in [-0.2, -0.15) is 13.2 Å². The highest BCUT2D eigenvalue weighted by Gasteiger charge is 2.34. The summed E-state index contributed by atoms with van der Waals surface area (Å²) in [5, 5.41) is 0. The molecule has 0 atom stereocenters. The molecule has 2 fully saturated rings. The fourth-order valence-corrected chi connectivity index (χ4v) is 5.69. The highest BCUT2D eigenvalue weighted by Crippen LogP contribution is 2.37. The van der Waals surface area contributed by atoms with E-state index in [4.69, 9.17) is 0 Å². The zero-order chi connectivity index (χ0) is 27.0. The van der Waals surface area contributed by atoms with Gasteiger partial charge in [-0.25, -0.2) is 13.2 Å². The van der Waals surface area contributed by atoms with Crippen LogP contribution in [0.5, 0.6) is 0 Å². The number of hydrogen-bond donors (Lipinski definition) is 0. The van der Waals surface area contributed by atoms with Gasteiger partial charge >= 0.3 is 6.18 Å². The van der Waals surface area contributed by atoms with Crippen LogP contribution in [0, 0.1) is 23.5 Å². The number of rotatable bonds is 6. The van der Waals surface area contributed by atoms with Crippen LogP contribution >= 0.6 is 0 Å². The first-order valence-electron chi connectivity index (χ1n) is 13.5. The molecular formula is C30H37F7. The molecule has 0 unspecified atom stereocenters. The van der Waals surface area contributed by atoms with Crippen molar-refractivity contribution in [2.75, 3.05) is 6.67 Å². The third-order valence-electron chi connectivity index (χ3n) is 7.89. The molecule has 2 aromatic rings. The Hall–Kier alpha value is -2.05. The predicted octanol–water partition coefficient (Wildman–Crippen LogP) is 10.6. The fraction of sp³-hybridized carbons (Fsp3) is 0.600. The summed E-state index contributed by atoms with van der Waals surface area (Å²) in [6.07, 6.45) is 5.37. The van der Waals surface area contributed by atoms with Crippen LogP contribution in [0.1, 0.15) is 94.6 Å². The lowest BCUT2D eigenvalue weighted by Crippen LogP contribution is -2.14. The summed E-state index contributed by atoms with van der Waals surface area (Å²) in [6, 6.07) is 6.79. The quantitative estimate of drug-likeness (QED) is 0.326. The smallest absolute Gasteiger partial charge is 0.251 e. The molecule has 0 bridgehead atoms. The van der Waals surface area contributed by atoms with Crippen LogP contribution in [-0.2, 0) is 6.18 Å². The lowest BCUT2D eigenvalue weighted by molar-refractivity contribution is -0.139. The van der Waals surface area contributed by atoms with E-state index in [1.807, 2.05) is 0 Å². The van der Waals surface area contributed by atoms with E-state index in [0.717, 1.165) is 24.0 Å². The third kappa shape index (κ3) is 8.47. The Kier molecular flexibility index (Phi) is 10.9. The molecule has 2 aliphatic carbocycles. The first-order valence-corrected chi connectivity index (χ1v) is 13.5. The highest BCUT2D eigenvalue weighted by molar-refractivity contribution is 5.65. The second-order valence-electron chi connectivity index (χ2n) is 10.5. The van der Waals surface area contributed by atoms with Crippen molar-refractivity contribution in [3.05, 3.63) is 59.2 Å². The van der Waals surface area contributed by atoms with Crippen molar-refractivity contribution in [2.45, 2.75) is 95.8 Å². The minimum Gasteiger partial charge on any atom is -0.251 e. The van der Waals surface area contributed by atoms with Gasteiger partial charge in [0.1, 0.15) is 17.8 Å². The Balaban J connectivity index is 0.000000266. The largest absolute Gasteiger partial charge is 0.419 e. The topological polar surface area (TPSA) is 0 Å². The fourth-order valence-electron chi connectivity index (χ4n) is 5.69. The summed E-state index contributed by atoms with van der Waals surface area (Å²) in [5.74, 6) is -0.317. The summed E-state index contributed by atoms with van der Waals surface area (Å²) < 4.78 is 91.2. The Morgan fingerprint density at radius 1 is 0.757 bits per heavy atom. The van der Waals surface area contributed by atoms with Gasteiger partial charge in [-0.05, 0) is 79.2 Å². The van der Waals surface area contributed by atoms with Crippen LogP contribution in [0.3, 0.4) is 0 Å². The summed E-state index contributed by atoms with van der Waals surface area (Å²) in [5.41, 5.74) is -0.561. The monoisotopic (exact) mass is 530 g/mol. The van der Waals surface area contributed by atoms with E-state index in [-0.39, 0.29) is 23.7 Å². The lowest BCUT2D eigenvalue weighted by Gasteiger charge is -2.27. The van der Waals surface area contributed by atoms with Gasteiger partial charge in [0.25, 0.3) is 0 Å². The highest BCUT2D eigenvalue weighted by atomic mass is 19.4. The summed E-state index contributed by atoms with van der Waals surface area (Å²) in [4.78, 5) is 0. The van der Waals surface area contributed by atoms with E-state index in [1.54, 1.807) is 6.07 Å². The SMILES string of the molecule is CCCC1CCC(CCF)CC1.Fc1cc(C2CCC(F)CC2)ccc1-c1ccc(C(F)(F)F)c(F)c1. The van der Waals surface area contributed by atoms with Gasteiger partial charge in [0.2, 0.25) is 0 Å². The normalized spacial score (nSPS) is 24.3. The van der Waals surface area contributed by atoms with Crippen molar-refractivity contribution < 1.29 is 30.7 Å². The molecule has 37 heavy (non-hydrogen) atoms. The maximum atomic E-state index is 14.4. The molecule has 2 aliphatic rings. The molecule has 0 aliphatic heterocycles. The van der Waals surface area contributed by atoms with Crippen LogP contribution < -0.4 is 0 Å². The molecule has 0 amide bonds. The minimum atomic E-state index is -4.79. The van der Waals surface area contributed by atoms with Crippen LogP contribution in [0.4, 0.5) is 30.7 Å². The van der Waals surface area contributed by atoms with Crippen LogP contribution in [-0.4, -0.2) is 12.8 Å². The number of benzene rings is 2. The molecule has 7 heteroatoms. The van der Waals surface area contributed by atoms with E-state index < -0.39 is 29.5 Å². The number of halogens is 7. The molecule has 0 aromatic heterocycles. The molecule has 4 rings (SSSR count). The van der Waals surface area contributed by atoms with Gasteiger partial charge in [-0.1, -0.05) is 63.6 Å². The van der Waals surface area contributed by atoms with E-state index in [0.29, 0.717) is 43.7 Å². The van der Waals surface area contributed by atoms with E-state index in [1.165, 1.54) is 50.7 Å².